The van der Waals surface area contributed by atoms with Crippen molar-refractivity contribution in [3.63, 3.8) is 0 Å². The normalized spacial score (nSPS) is 21.0. The Balaban J connectivity index is 1.76. The third kappa shape index (κ3) is 3.51. The number of hydrogen-bond donors (Lipinski definition) is 0. The van der Waals surface area contributed by atoms with Gasteiger partial charge in [-0.05, 0) is 39.0 Å². The van der Waals surface area contributed by atoms with Gasteiger partial charge < -0.3 is 4.90 Å². The molecule has 0 unspecified atom stereocenters. The first kappa shape index (κ1) is 19.3. The van der Waals surface area contributed by atoms with Crippen molar-refractivity contribution < 1.29 is 9.59 Å². The van der Waals surface area contributed by atoms with Crippen LogP contribution in [-0.2, 0) is 11.3 Å². The van der Waals surface area contributed by atoms with Gasteiger partial charge in [0.15, 0.2) is 0 Å². The van der Waals surface area contributed by atoms with Gasteiger partial charge in [0.2, 0.25) is 0 Å². The van der Waals surface area contributed by atoms with Gasteiger partial charge in [-0.15, -0.1) is 11.3 Å². The molecule has 0 radical (unpaired) electrons. The van der Waals surface area contributed by atoms with E-state index in [2.05, 4.69) is 23.7 Å². The molecule has 26 heavy (non-hydrogen) atoms. The second kappa shape index (κ2) is 7.64. The lowest BCUT2D eigenvalue weighted by Gasteiger charge is -2.42. The Bertz CT molecular complexity index is 636. The molecule has 0 aliphatic carbocycles. The van der Waals surface area contributed by atoms with Crippen LogP contribution in [0.15, 0.2) is 11.6 Å². The zero-order valence-electron chi connectivity index (χ0n) is 16.3. The van der Waals surface area contributed by atoms with Gasteiger partial charge in [0.25, 0.3) is 5.91 Å². The highest BCUT2D eigenvalue weighted by Crippen LogP contribution is 2.38. The van der Waals surface area contributed by atoms with Crippen LogP contribution >= 0.6 is 11.3 Å². The zero-order valence-corrected chi connectivity index (χ0v) is 17.1. The molecule has 0 N–H and O–H groups in total. The van der Waals surface area contributed by atoms with Crippen molar-refractivity contribution in [2.75, 3.05) is 19.6 Å². The molecule has 2 aliphatic rings. The van der Waals surface area contributed by atoms with Crippen molar-refractivity contribution in [2.24, 2.45) is 5.92 Å². The van der Waals surface area contributed by atoms with E-state index >= 15 is 0 Å². The molecule has 0 aromatic carbocycles. The van der Waals surface area contributed by atoms with Gasteiger partial charge in [0.05, 0.1) is 6.54 Å². The van der Waals surface area contributed by atoms with Crippen LogP contribution in [0.1, 0.15) is 52.0 Å². The molecular formula is C19H30N4O2S. The number of carbonyl (C=O) groups excluding carboxylic acids is 2. The molecule has 2 saturated heterocycles. The number of imide groups is 1. The van der Waals surface area contributed by atoms with Crippen molar-refractivity contribution in [1.82, 2.24) is 19.7 Å². The molecule has 3 rings (SSSR count). The Morgan fingerprint density at radius 3 is 2.42 bits per heavy atom. The van der Waals surface area contributed by atoms with Gasteiger partial charge >= 0.3 is 6.03 Å². The topological polar surface area (TPSA) is 56.8 Å². The van der Waals surface area contributed by atoms with E-state index in [0.29, 0.717) is 25.3 Å². The van der Waals surface area contributed by atoms with E-state index < -0.39 is 5.54 Å². The van der Waals surface area contributed by atoms with Crippen molar-refractivity contribution in [1.29, 1.82) is 0 Å². The summed E-state index contributed by atoms with van der Waals surface area (Å²) in [5, 5.41) is 3.10. The summed E-state index contributed by atoms with van der Waals surface area (Å²) in [7, 11) is 0. The standard InChI is InChI=1S/C19H30N4O2S/c1-14(2)5-9-22-18(25)23(15(3)4)17(24)19(22)6-10-21(11-7-19)13-16-20-8-12-26-16/h8,12,14-15H,5-7,9-11,13H2,1-4H3. The van der Waals surface area contributed by atoms with Crippen LogP contribution in [0.3, 0.4) is 0 Å². The van der Waals surface area contributed by atoms with E-state index in [0.717, 1.165) is 31.1 Å². The summed E-state index contributed by atoms with van der Waals surface area (Å²) in [6.45, 7) is 11.3. The summed E-state index contributed by atoms with van der Waals surface area (Å²) in [6, 6.07) is -0.191. The number of aromatic nitrogens is 1. The van der Waals surface area contributed by atoms with E-state index in [1.54, 1.807) is 11.3 Å². The quantitative estimate of drug-likeness (QED) is 0.714. The second-order valence-electron chi connectivity index (χ2n) is 8.12. The van der Waals surface area contributed by atoms with Crippen LogP contribution < -0.4 is 0 Å². The van der Waals surface area contributed by atoms with Gasteiger partial charge in [-0.1, -0.05) is 13.8 Å². The van der Waals surface area contributed by atoms with E-state index in [-0.39, 0.29) is 18.0 Å². The Hall–Kier alpha value is -1.47. The minimum atomic E-state index is -0.643. The Kier molecular flexibility index (Phi) is 5.67. The summed E-state index contributed by atoms with van der Waals surface area (Å²) in [4.78, 5) is 36.3. The van der Waals surface area contributed by atoms with Crippen molar-refractivity contribution >= 4 is 23.3 Å². The van der Waals surface area contributed by atoms with Crippen LogP contribution in [0.5, 0.6) is 0 Å². The Morgan fingerprint density at radius 1 is 1.19 bits per heavy atom. The maximum Gasteiger partial charge on any atom is 0.327 e. The van der Waals surface area contributed by atoms with Crippen molar-refractivity contribution in [3.8, 4) is 0 Å². The summed E-state index contributed by atoms with van der Waals surface area (Å²) in [6.07, 6.45) is 4.18. The summed E-state index contributed by atoms with van der Waals surface area (Å²) in [5.74, 6) is 0.517. The van der Waals surface area contributed by atoms with E-state index in [1.165, 1.54) is 4.90 Å². The predicted molar refractivity (Wildman–Crippen MR) is 103 cm³/mol. The number of hydrogen-bond acceptors (Lipinski definition) is 5. The van der Waals surface area contributed by atoms with Gasteiger partial charge in [-0.2, -0.15) is 0 Å². The Labute approximate surface area is 160 Å². The predicted octanol–water partition coefficient (Wildman–Crippen LogP) is 3.20. The lowest BCUT2D eigenvalue weighted by atomic mass is 9.85. The number of thiazole rings is 1. The Morgan fingerprint density at radius 2 is 1.88 bits per heavy atom. The third-order valence-corrected chi connectivity index (χ3v) is 6.31. The molecule has 1 aromatic rings. The van der Waals surface area contributed by atoms with Gasteiger partial charge in [-0.3, -0.25) is 14.6 Å². The smallest absolute Gasteiger partial charge is 0.309 e. The fourth-order valence-corrected chi connectivity index (χ4v) is 4.64. The van der Waals surface area contributed by atoms with Crippen LogP contribution in [-0.4, -0.2) is 62.8 Å². The molecule has 6 nitrogen and oxygen atoms in total. The van der Waals surface area contributed by atoms with Crippen molar-refractivity contribution in [3.05, 3.63) is 16.6 Å². The molecule has 3 heterocycles. The van der Waals surface area contributed by atoms with Crippen LogP contribution in [0.4, 0.5) is 4.79 Å². The van der Waals surface area contributed by atoms with Crippen LogP contribution in [0.25, 0.3) is 0 Å². The van der Waals surface area contributed by atoms with Gasteiger partial charge in [0.1, 0.15) is 10.5 Å². The lowest BCUT2D eigenvalue weighted by molar-refractivity contribution is -0.136. The van der Waals surface area contributed by atoms with Crippen LogP contribution in [0, 0.1) is 5.92 Å². The number of rotatable bonds is 6. The molecule has 2 fully saturated rings. The first-order valence-electron chi connectivity index (χ1n) is 9.61. The molecule has 1 spiro atoms. The average molecular weight is 379 g/mol. The van der Waals surface area contributed by atoms with Gasteiger partial charge in [0, 0.05) is 37.3 Å². The number of amides is 3. The summed E-state index contributed by atoms with van der Waals surface area (Å²) < 4.78 is 0. The first-order valence-corrected chi connectivity index (χ1v) is 10.5. The molecular weight excluding hydrogens is 348 g/mol. The van der Waals surface area contributed by atoms with E-state index in [4.69, 9.17) is 0 Å². The maximum absolute atomic E-state index is 13.2. The van der Waals surface area contributed by atoms with E-state index in [9.17, 15) is 9.59 Å². The number of urea groups is 1. The molecule has 0 saturated carbocycles. The first-order chi connectivity index (χ1) is 12.3. The van der Waals surface area contributed by atoms with Crippen LogP contribution in [0.2, 0.25) is 0 Å². The number of carbonyl (C=O) groups is 2. The molecule has 7 heteroatoms. The number of nitrogens with zero attached hydrogens (tertiary/aromatic N) is 4. The molecule has 1 aromatic heterocycles. The third-order valence-electron chi connectivity index (χ3n) is 5.54. The average Bonchev–Trinajstić information content (AvgIpc) is 3.14. The number of piperidine rings is 1. The number of likely N-dealkylation sites (tertiary alicyclic amines) is 1. The summed E-state index contributed by atoms with van der Waals surface area (Å²) in [5.41, 5.74) is -0.643. The zero-order chi connectivity index (χ0) is 18.9. The minimum Gasteiger partial charge on any atom is -0.309 e. The highest BCUT2D eigenvalue weighted by Gasteiger charge is 2.58. The van der Waals surface area contributed by atoms with Crippen molar-refractivity contribution in [2.45, 2.75) is 65.1 Å². The monoisotopic (exact) mass is 378 g/mol. The second-order valence-corrected chi connectivity index (χ2v) is 9.10. The minimum absolute atomic E-state index is 0.00940. The molecule has 0 atom stereocenters. The maximum atomic E-state index is 13.2. The van der Waals surface area contributed by atoms with E-state index in [1.807, 2.05) is 30.3 Å². The molecule has 3 amide bonds. The largest absolute Gasteiger partial charge is 0.327 e. The lowest BCUT2D eigenvalue weighted by Crippen LogP contribution is -2.56. The molecule has 144 valence electrons. The van der Waals surface area contributed by atoms with Gasteiger partial charge in [-0.25, -0.2) is 9.78 Å². The molecule has 0 bridgehead atoms. The highest BCUT2D eigenvalue weighted by molar-refractivity contribution is 7.09. The highest BCUT2D eigenvalue weighted by atomic mass is 32.1. The molecule has 2 aliphatic heterocycles. The SMILES string of the molecule is CC(C)CCN1C(=O)N(C(C)C)C(=O)C12CCN(Cc1nccs1)CC2. The summed E-state index contributed by atoms with van der Waals surface area (Å²) >= 11 is 1.66. The fourth-order valence-electron chi connectivity index (χ4n) is 3.98. The fraction of sp³-hybridized carbons (Fsp3) is 0.737.